The van der Waals surface area contributed by atoms with Gasteiger partial charge in [-0.1, -0.05) is 12.1 Å². The molecule has 1 aliphatic rings. The van der Waals surface area contributed by atoms with E-state index in [4.69, 9.17) is 5.11 Å². The molecule has 1 amide bonds. The van der Waals surface area contributed by atoms with Crippen LogP contribution in [-0.2, 0) is 4.79 Å². The molecule has 0 aromatic heterocycles. The lowest BCUT2D eigenvalue weighted by molar-refractivity contribution is -0.117. The first kappa shape index (κ1) is 15.4. The number of nitrogens with one attached hydrogen (secondary N) is 1. The Kier molecular flexibility index (Phi) is 4.90. The number of benzene rings is 1. The molecule has 1 aromatic carbocycles. The number of carboxylic acid groups (broad SMARTS) is 1. The van der Waals surface area contributed by atoms with Crippen molar-refractivity contribution in [2.24, 2.45) is 0 Å². The minimum Gasteiger partial charge on any atom is -0.465 e. The first-order chi connectivity index (χ1) is 10.0. The first-order valence-electron chi connectivity index (χ1n) is 6.63. The second-order valence-electron chi connectivity index (χ2n) is 4.88. The number of Topliss-reactive ketones (excluding diaryl/α,β-unsaturated/α-hetero) is 1. The predicted octanol–water partition coefficient (Wildman–Crippen LogP) is 2.93. The van der Waals surface area contributed by atoms with Gasteiger partial charge in [-0.05, 0) is 30.9 Å². The molecular formula is C15H18N2O3S. The molecule has 1 heterocycles. The van der Waals surface area contributed by atoms with E-state index in [9.17, 15) is 9.59 Å². The Morgan fingerprint density at radius 2 is 2.19 bits per heavy atom. The van der Waals surface area contributed by atoms with Gasteiger partial charge >= 0.3 is 6.09 Å². The van der Waals surface area contributed by atoms with Gasteiger partial charge in [0.15, 0.2) is 5.78 Å². The lowest BCUT2D eigenvalue weighted by Crippen LogP contribution is -2.40. The number of aryl methyl sites for hydroxylation is 1. The summed E-state index contributed by atoms with van der Waals surface area (Å²) in [6.07, 6.45) is 1.12. The van der Waals surface area contributed by atoms with Crippen LogP contribution in [-0.4, -0.2) is 41.2 Å². The van der Waals surface area contributed by atoms with Crippen LogP contribution in [0.4, 0.5) is 10.5 Å². The summed E-state index contributed by atoms with van der Waals surface area (Å²) < 4.78 is 0. The number of carbonyl (C=O) groups is 2. The maximum Gasteiger partial charge on any atom is 0.407 e. The van der Waals surface area contributed by atoms with Gasteiger partial charge in [-0.25, -0.2) is 4.79 Å². The number of likely N-dealkylation sites (tertiary alicyclic amines) is 1. The van der Waals surface area contributed by atoms with Gasteiger partial charge in [-0.2, -0.15) is 0 Å². The number of piperidine rings is 1. The quantitative estimate of drug-likeness (QED) is 0.840. The van der Waals surface area contributed by atoms with E-state index in [2.05, 4.69) is 5.32 Å². The normalized spacial score (nSPS) is 17.6. The fraction of sp³-hybridized carbons (Fsp3) is 0.333. The summed E-state index contributed by atoms with van der Waals surface area (Å²) in [6.45, 7) is 2.40. The summed E-state index contributed by atoms with van der Waals surface area (Å²) in [6, 6.07) is 7.84. The van der Waals surface area contributed by atoms with Crippen molar-refractivity contribution in [3.8, 4) is 0 Å². The molecule has 112 valence electrons. The van der Waals surface area contributed by atoms with Crippen molar-refractivity contribution >= 4 is 29.3 Å². The maximum atomic E-state index is 12.1. The van der Waals surface area contributed by atoms with Crippen molar-refractivity contribution in [1.82, 2.24) is 4.90 Å². The van der Waals surface area contributed by atoms with Gasteiger partial charge in [0.05, 0.1) is 11.6 Å². The van der Waals surface area contributed by atoms with Crippen LogP contribution in [0.1, 0.15) is 12.0 Å². The second-order valence-corrected chi connectivity index (χ2v) is 5.70. The monoisotopic (exact) mass is 306 g/mol. The third kappa shape index (κ3) is 3.78. The highest BCUT2D eigenvalue weighted by molar-refractivity contribution is 8.02. The van der Waals surface area contributed by atoms with Gasteiger partial charge in [-0.15, -0.1) is 11.8 Å². The Balaban J connectivity index is 2.27. The average molecular weight is 306 g/mol. The smallest absolute Gasteiger partial charge is 0.407 e. The molecule has 2 N–H and O–H groups in total. The van der Waals surface area contributed by atoms with E-state index in [-0.39, 0.29) is 25.3 Å². The molecule has 0 unspecified atom stereocenters. The van der Waals surface area contributed by atoms with Crippen LogP contribution in [0.3, 0.4) is 0 Å². The van der Waals surface area contributed by atoms with Gasteiger partial charge < -0.3 is 15.3 Å². The molecule has 1 aliphatic heterocycles. The van der Waals surface area contributed by atoms with Crippen LogP contribution in [0.15, 0.2) is 34.9 Å². The number of carbonyl (C=O) groups excluding carboxylic acids is 1. The molecule has 0 atom stereocenters. The van der Waals surface area contributed by atoms with Crippen molar-refractivity contribution in [2.45, 2.75) is 13.3 Å². The Hall–Kier alpha value is -1.95. The van der Waals surface area contributed by atoms with E-state index in [1.807, 2.05) is 37.4 Å². The molecule has 0 aliphatic carbocycles. The zero-order valence-corrected chi connectivity index (χ0v) is 12.9. The SMILES string of the molecule is CSC(Nc1cccc(C)c1)=C1CN(C(=O)O)CCC1=O. The van der Waals surface area contributed by atoms with E-state index in [1.165, 1.54) is 16.7 Å². The summed E-state index contributed by atoms with van der Waals surface area (Å²) in [5.74, 6) is 0.0111. The predicted molar refractivity (Wildman–Crippen MR) is 84.6 cm³/mol. The first-order valence-corrected chi connectivity index (χ1v) is 7.85. The molecule has 0 bridgehead atoms. The summed E-state index contributed by atoms with van der Waals surface area (Å²) >= 11 is 1.42. The van der Waals surface area contributed by atoms with Crippen LogP contribution >= 0.6 is 11.8 Å². The van der Waals surface area contributed by atoms with Crippen molar-refractivity contribution in [2.75, 3.05) is 24.7 Å². The van der Waals surface area contributed by atoms with Gasteiger partial charge in [0, 0.05) is 24.2 Å². The van der Waals surface area contributed by atoms with Crippen molar-refractivity contribution in [3.05, 3.63) is 40.4 Å². The maximum absolute atomic E-state index is 12.1. The van der Waals surface area contributed by atoms with Crippen LogP contribution in [0.5, 0.6) is 0 Å². The van der Waals surface area contributed by atoms with Gasteiger partial charge in [0.1, 0.15) is 0 Å². The molecule has 0 radical (unpaired) electrons. The summed E-state index contributed by atoms with van der Waals surface area (Å²) in [7, 11) is 0. The largest absolute Gasteiger partial charge is 0.465 e. The van der Waals surface area contributed by atoms with Crippen LogP contribution < -0.4 is 5.32 Å². The molecule has 0 saturated carbocycles. The minimum atomic E-state index is -0.990. The highest BCUT2D eigenvalue weighted by Crippen LogP contribution is 2.25. The van der Waals surface area contributed by atoms with E-state index in [0.717, 1.165) is 16.3 Å². The van der Waals surface area contributed by atoms with E-state index < -0.39 is 6.09 Å². The fourth-order valence-corrected chi connectivity index (χ4v) is 2.86. The minimum absolute atomic E-state index is 0.0111. The zero-order chi connectivity index (χ0) is 15.4. The molecule has 2 rings (SSSR count). The standard InChI is InChI=1S/C15H18N2O3S/c1-10-4-3-5-11(8-10)16-14(21-2)12-9-17(15(19)20)7-6-13(12)18/h3-5,8,16H,6-7,9H2,1-2H3,(H,19,20). The number of hydrogen-bond donors (Lipinski definition) is 2. The van der Waals surface area contributed by atoms with Crippen molar-refractivity contribution in [3.63, 3.8) is 0 Å². The van der Waals surface area contributed by atoms with E-state index in [1.54, 1.807) is 0 Å². The van der Waals surface area contributed by atoms with E-state index >= 15 is 0 Å². The third-order valence-corrected chi connectivity index (χ3v) is 4.08. The molecule has 5 nitrogen and oxygen atoms in total. The van der Waals surface area contributed by atoms with Gasteiger partial charge in [0.25, 0.3) is 0 Å². The number of thioether (sulfide) groups is 1. The number of ketones is 1. The number of rotatable bonds is 3. The topological polar surface area (TPSA) is 69.6 Å². The van der Waals surface area contributed by atoms with Crippen molar-refractivity contribution in [1.29, 1.82) is 0 Å². The number of nitrogens with zero attached hydrogens (tertiary/aromatic N) is 1. The van der Waals surface area contributed by atoms with Gasteiger partial charge in [0.2, 0.25) is 0 Å². The number of amides is 1. The molecule has 1 aromatic rings. The Bertz CT molecular complexity index is 598. The average Bonchev–Trinajstić information content (AvgIpc) is 2.45. The lowest BCUT2D eigenvalue weighted by Gasteiger charge is -2.27. The highest BCUT2D eigenvalue weighted by atomic mass is 32.2. The molecule has 6 heteroatoms. The van der Waals surface area contributed by atoms with E-state index in [0.29, 0.717) is 5.57 Å². The molecule has 1 saturated heterocycles. The zero-order valence-electron chi connectivity index (χ0n) is 12.0. The molecular weight excluding hydrogens is 288 g/mol. The molecule has 0 spiro atoms. The highest BCUT2D eigenvalue weighted by Gasteiger charge is 2.27. The van der Waals surface area contributed by atoms with Crippen molar-refractivity contribution < 1.29 is 14.7 Å². The third-order valence-electron chi connectivity index (χ3n) is 3.32. The molecule has 21 heavy (non-hydrogen) atoms. The second kappa shape index (κ2) is 6.67. The Morgan fingerprint density at radius 3 is 2.81 bits per heavy atom. The Morgan fingerprint density at radius 1 is 1.43 bits per heavy atom. The van der Waals surface area contributed by atoms with Crippen LogP contribution in [0, 0.1) is 6.92 Å². The van der Waals surface area contributed by atoms with Gasteiger partial charge in [-0.3, -0.25) is 4.79 Å². The molecule has 1 fully saturated rings. The lowest BCUT2D eigenvalue weighted by atomic mass is 10.0. The number of hydrogen-bond acceptors (Lipinski definition) is 4. The van der Waals surface area contributed by atoms with Crippen LogP contribution in [0.2, 0.25) is 0 Å². The summed E-state index contributed by atoms with van der Waals surface area (Å²) in [5.41, 5.74) is 2.55. The fourth-order valence-electron chi connectivity index (χ4n) is 2.21. The summed E-state index contributed by atoms with van der Waals surface area (Å²) in [4.78, 5) is 24.4. The summed E-state index contributed by atoms with van der Waals surface area (Å²) in [5, 5.41) is 13.0. The Labute approximate surface area is 128 Å². The number of anilines is 1. The van der Waals surface area contributed by atoms with Crippen LogP contribution in [0.25, 0.3) is 0 Å².